The molecule has 0 fully saturated rings. The molecule has 4 rings (SSSR count). The fraction of sp³-hybridized carbons (Fsp3) is 0.419. The van der Waals surface area contributed by atoms with Gasteiger partial charge in [-0.1, -0.05) is 51.5 Å². The highest BCUT2D eigenvalue weighted by molar-refractivity contribution is 5.70. The number of halogens is 1. The first kappa shape index (κ1) is 26.6. The number of aromatic nitrogens is 1. The monoisotopic (exact) mass is 505 g/mol. The Morgan fingerprint density at radius 2 is 1.97 bits per heavy atom. The van der Waals surface area contributed by atoms with Gasteiger partial charge in [-0.05, 0) is 77.0 Å². The molecular weight excluding hydrogens is 469 g/mol. The van der Waals surface area contributed by atoms with Crippen molar-refractivity contribution in [1.29, 1.82) is 0 Å². The molecule has 0 radical (unpaired) electrons. The van der Waals surface area contributed by atoms with Crippen LogP contribution in [0, 0.1) is 11.2 Å². The molecule has 1 aliphatic rings. The molecule has 3 aromatic rings. The third kappa shape index (κ3) is 6.48. The lowest BCUT2D eigenvalue weighted by Gasteiger charge is -2.26. The number of hydrogen-bond acceptors (Lipinski definition) is 4. The largest absolute Gasteiger partial charge is 0.489 e. The number of pyridine rings is 1. The van der Waals surface area contributed by atoms with Crippen molar-refractivity contribution in [3.05, 3.63) is 76.7 Å². The average Bonchev–Trinajstić information content (AvgIpc) is 3.24. The van der Waals surface area contributed by atoms with Crippen LogP contribution in [-0.4, -0.2) is 23.2 Å². The molecule has 37 heavy (non-hydrogen) atoms. The van der Waals surface area contributed by atoms with Gasteiger partial charge in [0.15, 0.2) is 0 Å². The van der Waals surface area contributed by atoms with Gasteiger partial charge in [-0.3, -0.25) is 4.79 Å². The summed E-state index contributed by atoms with van der Waals surface area (Å²) in [6.45, 7) is 7.03. The molecule has 0 saturated carbocycles. The van der Waals surface area contributed by atoms with Gasteiger partial charge in [-0.2, -0.15) is 0 Å². The van der Waals surface area contributed by atoms with Crippen LogP contribution in [0.1, 0.15) is 74.6 Å². The number of hydrogen-bond donors (Lipinski definition) is 1. The Balaban J connectivity index is 1.61. The second-order valence-corrected chi connectivity index (χ2v) is 10.8. The molecule has 0 aliphatic heterocycles. The van der Waals surface area contributed by atoms with E-state index in [1.807, 2.05) is 30.3 Å². The molecule has 0 saturated heterocycles. The third-order valence-electron chi connectivity index (χ3n) is 7.24. The predicted molar refractivity (Wildman–Crippen MR) is 143 cm³/mol. The fourth-order valence-corrected chi connectivity index (χ4v) is 5.51. The van der Waals surface area contributed by atoms with Gasteiger partial charge in [-0.15, -0.1) is 0 Å². The summed E-state index contributed by atoms with van der Waals surface area (Å²) in [6.07, 6.45) is 6.04. The van der Waals surface area contributed by atoms with E-state index in [4.69, 9.17) is 9.47 Å². The molecule has 5 nitrogen and oxygen atoms in total. The summed E-state index contributed by atoms with van der Waals surface area (Å²) in [7, 11) is 1.53. The van der Waals surface area contributed by atoms with Crippen LogP contribution in [0.3, 0.4) is 0 Å². The highest BCUT2D eigenvalue weighted by Crippen LogP contribution is 2.38. The number of fused-ring (bicyclic) bond motifs is 1. The van der Waals surface area contributed by atoms with E-state index in [2.05, 4.69) is 31.8 Å². The van der Waals surface area contributed by atoms with E-state index in [-0.39, 0.29) is 23.6 Å². The van der Waals surface area contributed by atoms with Crippen molar-refractivity contribution in [1.82, 2.24) is 4.98 Å². The summed E-state index contributed by atoms with van der Waals surface area (Å²) >= 11 is 0. The Morgan fingerprint density at radius 3 is 2.70 bits per heavy atom. The standard InChI is InChI=1S/C31H36FNO4/c1-5-12-31(2,3)17-23-13-20(6-11-25(23)27-16-29(36-4)33-18-28(27)32)19-37-24-10-9-21-7-8-22(14-30(34)35)26(21)15-24/h6,9-11,13,15-16,18,22H,5,7-8,12,14,17,19H2,1-4H3,(H,34,35). The van der Waals surface area contributed by atoms with Crippen LogP contribution in [0.25, 0.3) is 11.1 Å². The first-order valence-electron chi connectivity index (χ1n) is 13.0. The summed E-state index contributed by atoms with van der Waals surface area (Å²) in [5.74, 6) is -0.00675. The zero-order valence-corrected chi connectivity index (χ0v) is 22.1. The number of rotatable bonds is 11. The SMILES string of the molecule is CCCC(C)(C)Cc1cc(COc2ccc3c(c2)C(CC(=O)O)CC3)ccc1-c1cc(OC)ncc1F. The number of carbonyl (C=O) groups is 1. The van der Waals surface area contributed by atoms with Gasteiger partial charge in [0.1, 0.15) is 18.2 Å². The van der Waals surface area contributed by atoms with Crippen LogP contribution in [-0.2, 0) is 24.2 Å². The minimum absolute atomic E-state index is 0.0370. The number of carboxylic acid groups (broad SMARTS) is 1. The number of ether oxygens (including phenoxy) is 2. The summed E-state index contributed by atoms with van der Waals surface area (Å²) in [5, 5.41) is 9.25. The molecule has 2 aromatic carbocycles. The van der Waals surface area contributed by atoms with Gasteiger partial charge < -0.3 is 14.6 Å². The van der Waals surface area contributed by atoms with E-state index in [0.29, 0.717) is 18.1 Å². The zero-order chi connectivity index (χ0) is 26.6. The molecule has 0 amide bonds. The first-order chi connectivity index (χ1) is 17.7. The van der Waals surface area contributed by atoms with E-state index in [1.54, 1.807) is 6.07 Å². The minimum Gasteiger partial charge on any atom is -0.489 e. The lowest BCUT2D eigenvalue weighted by Crippen LogP contribution is -2.15. The Morgan fingerprint density at radius 1 is 1.16 bits per heavy atom. The van der Waals surface area contributed by atoms with Crippen molar-refractivity contribution in [2.45, 2.75) is 71.8 Å². The molecule has 1 N–H and O–H groups in total. The molecule has 0 bridgehead atoms. The average molecular weight is 506 g/mol. The van der Waals surface area contributed by atoms with E-state index >= 15 is 0 Å². The lowest BCUT2D eigenvalue weighted by atomic mass is 9.79. The van der Waals surface area contributed by atoms with Gasteiger partial charge in [-0.25, -0.2) is 9.37 Å². The predicted octanol–water partition coefficient (Wildman–Crippen LogP) is 7.35. The molecule has 1 aliphatic carbocycles. The Hall–Kier alpha value is -3.41. The maximum atomic E-state index is 14.9. The van der Waals surface area contributed by atoms with Gasteiger partial charge in [0.2, 0.25) is 5.88 Å². The number of methoxy groups -OCH3 is 1. The Bertz CT molecular complexity index is 1270. The summed E-state index contributed by atoms with van der Waals surface area (Å²) in [6, 6.07) is 13.7. The number of aryl methyl sites for hydroxylation is 1. The zero-order valence-electron chi connectivity index (χ0n) is 22.1. The second-order valence-electron chi connectivity index (χ2n) is 10.8. The van der Waals surface area contributed by atoms with E-state index < -0.39 is 5.97 Å². The summed E-state index contributed by atoms with van der Waals surface area (Å²) < 4.78 is 26.3. The number of benzene rings is 2. The van der Waals surface area contributed by atoms with Crippen molar-refractivity contribution in [2.75, 3.05) is 7.11 Å². The van der Waals surface area contributed by atoms with Crippen molar-refractivity contribution in [3.8, 4) is 22.8 Å². The van der Waals surface area contributed by atoms with E-state index in [1.165, 1.54) is 18.9 Å². The van der Waals surface area contributed by atoms with Gasteiger partial charge in [0.25, 0.3) is 0 Å². The van der Waals surface area contributed by atoms with Crippen LogP contribution >= 0.6 is 0 Å². The van der Waals surface area contributed by atoms with Crippen LogP contribution in [0.15, 0.2) is 48.7 Å². The molecule has 1 unspecified atom stereocenters. The summed E-state index contributed by atoms with van der Waals surface area (Å²) in [5.41, 5.74) is 5.70. The highest BCUT2D eigenvalue weighted by atomic mass is 19.1. The smallest absolute Gasteiger partial charge is 0.303 e. The van der Waals surface area contributed by atoms with Gasteiger partial charge in [0, 0.05) is 11.6 Å². The highest BCUT2D eigenvalue weighted by Gasteiger charge is 2.25. The maximum absolute atomic E-state index is 14.9. The Labute approximate surface area is 218 Å². The van der Waals surface area contributed by atoms with Crippen molar-refractivity contribution in [2.24, 2.45) is 5.41 Å². The van der Waals surface area contributed by atoms with Crippen LogP contribution in [0.5, 0.6) is 11.6 Å². The third-order valence-corrected chi connectivity index (χ3v) is 7.24. The number of aliphatic carboxylic acids is 1. The van der Waals surface area contributed by atoms with Crippen LogP contribution < -0.4 is 9.47 Å². The molecule has 196 valence electrons. The van der Waals surface area contributed by atoms with Crippen molar-refractivity contribution < 1.29 is 23.8 Å². The maximum Gasteiger partial charge on any atom is 0.303 e. The molecule has 6 heteroatoms. The number of nitrogens with zero attached hydrogens (tertiary/aromatic N) is 1. The molecular formula is C31H36FNO4. The topological polar surface area (TPSA) is 68.7 Å². The van der Waals surface area contributed by atoms with E-state index in [0.717, 1.165) is 60.1 Å². The van der Waals surface area contributed by atoms with Crippen molar-refractivity contribution >= 4 is 5.97 Å². The minimum atomic E-state index is -0.772. The fourth-order valence-electron chi connectivity index (χ4n) is 5.51. The van der Waals surface area contributed by atoms with Crippen LogP contribution in [0.4, 0.5) is 4.39 Å². The van der Waals surface area contributed by atoms with Crippen LogP contribution in [0.2, 0.25) is 0 Å². The van der Waals surface area contributed by atoms with Gasteiger partial charge >= 0.3 is 5.97 Å². The van der Waals surface area contributed by atoms with E-state index in [9.17, 15) is 14.3 Å². The summed E-state index contributed by atoms with van der Waals surface area (Å²) in [4.78, 5) is 15.2. The Kier molecular flexibility index (Phi) is 8.16. The molecule has 1 aromatic heterocycles. The number of carboxylic acids is 1. The van der Waals surface area contributed by atoms with Crippen molar-refractivity contribution in [3.63, 3.8) is 0 Å². The molecule has 1 atom stereocenters. The lowest BCUT2D eigenvalue weighted by molar-refractivity contribution is -0.137. The first-order valence-corrected chi connectivity index (χ1v) is 13.0. The molecule has 0 spiro atoms. The quantitative estimate of drug-likeness (QED) is 0.295. The normalized spacial score (nSPS) is 14.9. The second kappa shape index (κ2) is 11.3. The van der Waals surface area contributed by atoms with Gasteiger partial charge in [0.05, 0.1) is 19.7 Å². The molecule has 1 heterocycles.